The van der Waals surface area contributed by atoms with Gasteiger partial charge in [-0.3, -0.25) is 0 Å². The largest absolute Gasteiger partial charge is 0.394 e. The Labute approximate surface area is 164 Å². The Hall–Kier alpha value is -0.500. The first-order valence-corrected chi connectivity index (χ1v) is 10.3. The number of ether oxygens (including phenoxy) is 1. The van der Waals surface area contributed by atoms with Crippen LogP contribution in [0, 0.1) is 11.8 Å². The molecule has 0 amide bonds. The van der Waals surface area contributed by atoms with Crippen molar-refractivity contribution >= 4 is 0 Å². The number of allylic oxidation sites excluding steroid dienone is 1. The van der Waals surface area contributed by atoms with Crippen LogP contribution in [0.5, 0.6) is 0 Å². The molecule has 5 atom stereocenters. The van der Waals surface area contributed by atoms with Gasteiger partial charge < -0.3 is 30.3 Å². The molecule has 1 unspecified atom stereocenters. The third-order valence-electron chi connectivity index (χ3n) is 4.91. The van der Waals surface area contributed by atoms with Gasteiger partial charge in [-0.25, -0.2) is 0 Å². The molecular formula is C21H42O6. The molecule has 0 aromatic carbocycles. The molecule has 0 aromatic heterocycles. The average Bonchev–Trinajstić information content (AvgIpc) is 2.62. The molecule has 6 nitrogen and oxygen atoms in total. The first-order valence-electron chi connectivity index (χ1n) is 10.3. The maximum atomic E-state index is 9.76. The molecule has 0 radical (unpaired) electrons. The van der Waals surface area contributed by atoms with E-state index in [1.54, 1.807) is 0 Å². The molecule has 6 heteroatoms. The minimum absolute atomic E-state index is 0.160. The Morgan fingerprint density at radius 3 is 2.07 bits per heavy atom. The van der Waals surface area contributed by atoms with Crippen molar-refractivity contribution in [2.75, 3.05) is 19.8 Å². The zero-order chi connectivity index (χ0) is 20.8. The lowest BCUT2D eigenvalue weighted by atomic mass is 9.94. The lowest BCUT2D eigenvalue weighted by Gasteiger charge is -2.25. The Bertz CT molecular complexity index is 385. The summed E-state index contributed by atoms with van der Waals surface area (Å²) in [5.74, 6) is 1.54. The molecule has 0 aliphatic heterocycles. The number of hydrogen-bond donors (Lipinski definition) is 5. The number of aliphatic hydroxyl groups is 5. The highest BCUT2D eigenvalue weighted by Gasteiger charge is 2.29. The van der Waals surface area contributed by atoms with Crippen molar-refractivity contribution in [3.8, 4) is 0 Å². The van der Waals surface area contributed by atoms with Crippen molar-refractivity contribution in [1.82, 2.24) is 0 Å². The van der Waals surface area contributed by atoms with Gasteiger partial charge in [0.25, 0.3) is 0 Å². The lowest BCUT2D eigenvalue weighted by Crippen LogP contribution is -2.47. The molecular weight excluding hydrogens is 348 g/mol. The Morgan fingerprint density at radius 1 is 0.889 bits per heavy atom. The van der Waals surface area contributed by atoms with Gasteiger partial charge in [0.1, 0.15) is 24.4 Å². The van der Waals surface area contributed by atoms with E-state index in [1.807, 2.05) is 6.08 Å². The van der Waals surface area contributed by atoms with Gasteiger partial charge in [-0.1, -0.05) is 58.1 Å². The van der Waals surface area contributed by atoms with Crippen LogP contribution in [0.4, 0.5) is 0 Å². The molecule has 0 saturated heterocycles. The minimum Gasteiger partial charge on any atom is -0.394 e. The molecule has 0 aromatic rings. The van der Waals surface area contributed by atoms with E-state index >= 15 is 0 Å². The molecule has 0 spiro atoms. The first-order chi connectivity index (χ1) is 12.7. The summed E-state index contributed by atoms with van der Waals surface area (Å²) in [6, 6.07) is 0. The van der Waals surface area contributed by atoms with E-state index < -0.39 is 31.0 Å². The predicted octanol–water partition coefficient (Wildman–Crippen LogP) is 2.02. The van der Waals surface area contributed by atoms with Crippen LogP contribution in [-0.2, 0) is 4.74 Å². The summed E-state index contributed by atoms with van der Waals surface area (Å²) in [5, 5.41) is 47.0. The van der Waals surface area contributed by atoms with Gasteiger partial charge in [0, 0.05) is 0 Å². The Kier molecular flexibility index (Phi) is 15.1. The van der Waals surface area contributed by atoms with E-state index in [-0.39, 0.29) is 6.61 Å². The van der Waals surface area contributed by atoms with Gasteiger partial charge in [-0.15, -0.1) is 0 Å². The molecule has 0 rings (SSSR count). The molecule has 0 saturated carbocycles. The lowest BCUT2D eigenvalue weighted by molar-refractivity contribution is -0.127. The van der Waals surface area contributed by atoms with Gasteiger partial charge in [0.15, 0.2) is 0 Å². The monoisotopic (exact) mass is 390 g/mol. The van der Waals surface area contributed by atoms with Gasteiger partial charge in [-0.2, -0.15) is 0 Å². The zero-order valence-corrected chi connectivity index (χ0v) is 17.5. The van der Waals surface area contributed by atoms with Crippen LogP contribution in [0.25, 0.3) is 0 Å². The summed E-state index contributed by atoms with van der Waals surface area (Å²) < 4.78 is 5.31. The third-order valence-corrected chi connectivity index (χ3v) is 4.91. The van der Waals surface area contributed by atoms with Crippen LogP contribution in [0.15, 0.2) is 11.6 Å². The molecule has 162 valence electrons. The van der Waals surface area contributed by atoms with Crippen molar-refractivity contribution in [3.05, 3.63) is 11.6 Å². The smallest absolute Gasteiger partial charge is 0.111 e. The second-order valence-electron chi connectivity index (χ2n) is 8.21. The van der Waals surface area contributed by atoms with Gasteiger partial charge in [-0.05, 0) is 31.6 Å². The van der Waals surface area contributed by atoms with Gasteiger partial charge >= 0.3 is 0 Å². The Morgan fingerprint density at radius 2 is 1.48 bits per heavy atom. The highest BCUT2D eigenvalue weighted by molar-refractivity contribution is 4.97. The third kappa shape index (κ3) is 13.3. The topological polar surface area (TPSA) is 110 Å². The fourth-order valence-corrected chi connectivity index (χ4v) is 2.90. The summed E-state index contributed by atoms with van der Waals surface area (Å²) in [7, 11) is 0. The highest BCUT2D eigenvalue weighted by Crippen LogP contribution is 2.19. The maximum Gasteiger partial charge on any atom is 0.111 e. The van der Waals surface area contributed by atoms with Crippen molar-refractivity contribution in [2.45, 2.75) is 90.6 Å². The van der Waals surface area contributed by atoms with E-state index in [4.69, 9.17) is 9.84 Å². The molecule has 0 bridgehead atoms. The molecule has 0 fully saturated rings. The normalized spacial score (nSPS) is 18.4. The first kappa shape index (κ1) is 26.5. The van der Waals surface area contributed by atoms with Crippen molar-refractivity contribution in [1.29, 1.82) is 0 Å². The second kappa shape index (κ2) is 15.4. The fourth-order valence-electron chi connectivity index (χ4n) is 2.90. The van der Waals surface area contributed by atoms with E-state index in [0.717, 1.165) is 24.7 Å². The number of aliphatic hydroxyl groups excluding tert-OH is 5. The summed E-state index contributed by atoms with van der Waals surface area (Å²) >= 11 is 0. The van der Waals surface area contributed by atoms with Crippen LogP contribution in [0.2, 0.25) is 0 Å². The van der Waals surface area contributed by atoms with Crippen LogP contribution >= 0.6 is 0 Å². The molecule has 5 N–H and O–H groups in total. The maximum absolute atomic E-state index is 9.76. The number of rotatable bonds is 16. The van der Waals surface area contributed by atoms with E-state index in [9.17, 15) is 20.4 Å². The summed E-state index contributed by atoms with van der Waals surface area (Å²) in [6.07, 6.45) is 3.23. The number of hydrogen-bond acceptors (Lipinski definition) is 6. The predicted molar refractivity (Wildman–Crippen MR) is 107 cm³/mol. The molecule has 0 heterocycles. The van der Waals surface area contributed by atoms with Crippen LogP contribution in [0.3, 0.4) is 0 Å². The Balaban J connectivity index is 3.89. The quantitative estimate of drug-likeness (QED) is 0.204. The highest BCUT2D eigenvalue weighted by atomic mass is 16.5. The molecule has 0 aliphatic carbocycles. The van der Waals surface area contributed by atoms with Gasteiger partial charge in [0.05, 0.1) is 19.8 Å². The standard InChI is InChI=1S/C21H42O6/c1-15(2)7-5-8-16(3)9-6-10-17(4)11-12-27-14-19(24)21(26)20(25)18(23)13-22/h11,15-16,18-26H,5-10,12-14H2,1-4H3/t16?,18-,19+,20-,21-/m0/s1. The molecule has 27 heavy (non-hydrogen) atoms. The summed E-state index contributed by atoms with van der Waals surface area (Å²) in [6.45, 7) is 8.37. The molecule has 0 aliphatic rings. The summed E-state index contributed by atoms with van der Waals surface area (Å²) in [5.41, 5.74) is 1.23. The average molecular weight is 391 g/mol. The van der Waals surface area contributed by atoms with Crippen molar-refractivity contribution in [3.63, 3.8) is 0 Å². The van der Waals surface area contributed by atoms with Crippen molar-refractivity contribution in [2.24, 2.45) is 11.8 Å². The van der Waals surface area contributed by atoms with E-state index in [2.05, 4.69) is 27.7 Å². The van der Waals surface area contributed by atoms with E-state index in [1.165, 1.54) is 31.3 Å². The van der Waals surface area contributed by atoms with Crippen LogP contribution in [0.1, 0.15) is 66.2 Å². The van der Waals surface area contributed by atoms with Crippen LogP contribution < -0.4 is 0 Å². The van der Waals surface area contributed by atoms with Crippen LogP contribution in [-0.4, -0.2) is 69.8 Å². The summed E-state index contributed by atoms with van der Waals surface area (Å²) in [4.78, 5) is 0. The SMILES string of the molecule is CC(=CCOC[C@@H](O)[C@H](O)[C@@H](O)[C@@H](O)CO)CCCC(C)CCCC(C)C. The van der Waals surface area contributed by atoms with Gasteiger partial charge in [0.2, 0.25) is 0 Å². The van der Waals surface area contributed by atoms with E-state index in [0.29, 0.717) is 6.61 Å². The zero-order valence-electron chi connectivity index (χ0n) is 17.5. The second-order valence-corrected chi connectivity index (χ2v) is 8.21. The van der Waals surface area contributed by atoms with Crippen molar-refractivity contribution < 1.29 is 30.3 Å². The fraction of sp³-hybridized carbons (Fsp3) is 0.905. The minimum atomic E-state index is -1.62.